The Balaban J connectivity index is 1.96. The van der Waals surface area contributed by atoms with E-state index in [0.29, 0.717) is 11.3 Å². The summed E-state index contributed by atoms with van der Waals surface area (Å²) >= 11 is 0. The second-order valence-electron chi connectivity index (χ2n) is 7.19. The number of aryl methyl sites for hydroxylation is 1. The zero-order valence-corrected chi connectivity index (χ0v) is 14.5. The molecule has 4 nitrogen and oxygen atoms in total. The number of H-pyrrole nitrogens is 1. The van der Waals surface area contributed by atoms with E-state index in [2.05, 4.69) is 9.97 Å². The van der Waals surface area contributed by atoms with Crippen molar-refractivity contribution >= 4 is 23.7 Å². The number of aromatic amines is 1. The van der Waals surface area contributed by atoms with Crippen LogP contribution in [0.15, 0.2) is 24.1 Å². The Morgan fingerprint density at radius 3 is 2.39 bits per heavy atom. The molecular formula is C17H22BFN2O2. The molecule has 0 saturated carbocycles. The highest BCUT2D eigenvalue weighted by atomic mass is 19.1. The molecule has 1 aliphatic heterocycles. The van der Waals surface area contributed by atoms with Crippen LogP contribution in [0.3, 0.4) is 0 Å². The maximum Gasteiger partial charge on any atom is 0.525 e. The molecule has 6 heteroatoms. The van der Waals surface area contributed by atoms with Gasteiger partial charge in [-0.2, -0.15) is 0 Å². The van der Waals surface area contributed by atoms with Gasteiger partial charge in [-0.25, -0.2) is 9.37 Å². The van der Waals surface area contributed by atoms with Crippen molar-refractivity contribution in [2.75, 3.05) is 0 Å². The highest BCUT2D eigenvalue weighted by Gasteiger charge is 2.53. The summed E-state index contributed by atoms with van der Waals surface area (Å²) < 4.78 is 26.4. The topological polar surface area (TPSA) is 47.1 Å². The first-order valence-corrected chi connectivity index (χ1v) is 7.78. The summed E-state index contributed by atoms with van der Waals surface area (Å²) in [6.07, 6.45) is 1.78. The third kappa shape index (κ3) is 2.70. The molecule has 2 aromatic heterocycles. The van der Waals surface area contributed by atoms with Gasteiger partial charge in [0.2, 0.25) is 0 Å². The SMILES string of the molecule is CC(=C(F)B1OC(C)(C)C(C)(C)O1)c1cc2cc(C)cnc2[nH]1. The van der Waals surface area contributed by atoms with Crippen molar-refractivity contribution in [1.29, 1.82) is 0 Å². The zero-order valence-electron chi connectivity index (χ0n) is 14.5. The average molecular weight is 316 g/mol. The smallest absolute Gasteiger partial charge is 0.398 e. The first-order valence-electron chi connectivity index (χ1n) is 7.78. The van der Waals surface area contributed by atoms with Gasteiger partial charge in [-0.3, -0.25) is 0 Å². The van der Waals surface area contributed by atoms with Gasteiger partial charge >= 0.3 is 7.12 Å². The van der Waals surface area contributed by atoms with Gasteiger partial charge < -0.3 is 14.3 Å². The molecule has 1 N–H and O–H groups in total. The summed E-state index contributed by atoms with van der Waals surface area (Å²) in [6, 6.07) is 3.91. The van der Waals surface area contributed by atoms with E-state index < -0.39 is 24.0 Å². The van der Waals surface area contributed by atoms with Crippen molar-refractivity contribution in [3.8, 4) is 0 Å². The van der Waals surface area contributed by atoms with Crippen LogP contribution in [0, 0.1) is 6.92 Å². The van der Waals surface area contributed by atoms with Gasteiger partial charge in [0.15, 0.2) is 0 Å². The molecule has 23 heavy (non-hydrogen) atoms. The van der Waals surface area contributed by atoms with Crippen LogP contribution in [0.1, 0.15) is 45.9 Å². The number of pyridine rings is 1. The van der Waals surface area contributed by atoms with Crippen molar-refractivity contribution < 1.29 is 13.7 Å². The van der Waals surface area contributed by atoms with Crippen LogP contribution in [0.25, 0.3) is 16.6 Å². The minimum Gasteiger partial charge on any atom is -0.398 e. The summed E-state index contributed by atoms with van der Waals surface area (Å²) in [7, 11) is -0.985. The Kier molecular flexibility index (Phi) is 3.65. The Hall–Kier alpha value is -1.66. The summed E-state index contributed by atoms with van der Waals surface area (Å²) in [6.45, 7) is 11.3. The number of nitrogens with zero attached hydrogens (tertiary/aromatic N) is 1. The molecule has 3 rings (SSSR count). The molecule has 0 unspecified atom stereocenters. The molecule has 0 bridgehead atoms. The van der Waals surface area contributed by atoms with E-state index in [-0.39, 0.29) is 0 Å². The van der Waals surface area contributed by atoms with E-state index in [0.717, 1.165) is 16.6 Å². The molecular weight excluding hydrogens is 294 g/mol. The maximum absolute atomic E-state index is 14.9. The van der Waals surface area contributed by atoms with Gasteiger partial charge in [0, 0.05) is 22.9 Å². The number of hydrogen-bond acceptors (Lipinski definition) is 3. The second-order valence-corrected chi connectivity index (χ2v) is 7.19. The lowest BCUT2D eigenvalue weighted by Crippen LogP contribution is -2.41. The van der Waals surface area contributed by atoms with Gasteiger partial charge in [-0.1, -0.05) is 0 Å². The number of halogens is 1. The van der Waals surface area contributed by atoms with Crippen LogP contribution in [0.5, 0.6) is 0 Å². The molecule has 1 fully saturated rings. The Morgan fingerprint density at radius 1 is 1.17 bits per heavy atom. The number of nitrogens with one attached hydrogen (secondary N) is 1. The fourth-order valence-corrected chi connectivity index (χ4v) is 2.58. The minimum atomic E-state index is -0.985. The minimum absolute atomic E-state index is 0.410. The molecule has 0 atom stereocenters. The van der Waals surface area contributed by atoms with Crippen molar-refractivity contribution in [3.63, 3.8) is 0 Å². The Morgan fingerprint density at radius 2 is 1.78 bits per heavy atom. The number of hydrogen-bond donors (Lipinski definition) is 1. The predicted octanol–water partition coefficient (Wildman–Crippen LogP) is 4.20. The van der Waals surface area contributed by atoms with Crippen LogP contribution in [0.2, 0.25) is 0 Å². The van der Waals surface area contributed by atoms with Crippen LogP contribution in [-0.4, -0.2) is 28.3 Å². The van der Waals surface area contributed by atoms with E-state index in [1.165, 1.54) is 0 Å². The summed E-state index contributed by atoms with van der Waals surface area (Å²) in [4.78, 5) is 7.47. The van der Waals surface area contributed by atoms with Crippen molar-refractivity contribution in [2.24, 2.45) is 0 Å². The molecule has 0 aromatic carbocycles. The van der Waals surface area contributed by atoms with Crippen molar-refractivity contribution in [3.05, 3.63) is 35.3 Å². The van der Waals surface area contributed by atoms with Crippen LogP contribution in [0.4, 0.5) is 4.39 Å². The van der Waals surface area contributed by atoms with Crippen LogP contribution < -0.4 is 0 Å². The zero-order chi connectivity index (χ0) is 17.0. The number of rotatable bonds is 2. The fraction of sp³-hybridized carbons (Fsp3) is 0.471. The normalized spacial score (nSPS) is 20.9. The quantitative estimate of drug-likeness (QED) is 0.845. The van der Waals surface area contributed by atoms with Gasteiger partial charge in [-0.05, 0) is 59.2 Å². The first kappa shape index (κ1) is 16.2. The van der Waals surface area contributed by atoms with E-state index >= 15 is 0 Å². The first-order chi connectivity index (χ1) is 10.6. The Labute approximate surface area is 136 Å². The molecule has 122 valence electrons. The predicted molar refractivity (Wildman–Crippen MR) is 90.6 cm³/mol. The largest absolute Gasteiger partial charge is 0.525 e. The average Bonchev–Trinajstić information content (AvgIpc) is 2.95. The Bertz CT molecular complexity index is 779. The van der Waals surface area contributed by atoms with Crippen LogP contribution in [-0.2, 0) is 9.31 Å². The monoisotopic (exact) mass is 316 g/mol. The maximum atomic E-state index is 14.9. The van der Waals surface area contributed by atoms with Crippen molar-refractivity contribution in [2.45, 2.75) is 52.7 Å². The van der Waals surface area contributed by atoms with E-state index in [9.17, 15) is 4.39 Å². The highest BCUT2D eigenvalue weighted by Crippen LogP contribution is 2.40. The summed E-state index contributed by atoms with van der Waals surface area (Å²) in [5, 5.41) is 0.959. The molecule has 0 amide bonds. The van der Waals surface area contributed by atoms with E-state index in [1.54, 1.807) is 13.1 Å². The van der Waals surface area contributed by atoms with Gasteiger partial charge in [0.1, 0.15) is 11.4 Å². The lowest BCUT2D eigenvalue weighted by molar-refractivity contribution is 0.00578. The van der Waals surface area contributed by atoms with Crippen LogP contribution >= 0.6 is 0 Å². The molecule has 0 radical (unpaired) electrons. The lowest BCUT2D eigenvalue weighted by atomic mass is 9.84. The standard InChI is InChI=1S/C17H22BFN2O2/c1-10-7-12-8-13(21-15(12)20-9-10)11(2)14(19)18-22-16(3,4)17(5,6)23-18/h7-9H,1-6H3,(H,20,21). The molecule has 0 spiro atoms. The van der Waals surface area contributed by atoms with E-state index in [4.69, 9.17) is 9.31 Å². The fourth-order valence-electron chi connectivity index (χ4n) is 2.58. The molecule has 0 aliphatic carbocycles. The van der Waals surface area contributed by atoms with Gasteiger partial charge in [0.05, 0.1) is 11.2 Å². The molecule has 2 aromatic rings. The number of fused-ring (bicyclic) bond motifs is 1. The number of allylic oxidation sites excluding steroid dienone is 1. The molecule has 3 heterocycles. The highest BCUT2D eigenvalue weighted by molar-refractivity contribution is 6.55. The summed E-state index contributed by atoms with van der Waals surface area (Å²) in [5.41, 5.74) is 1.43. The van der Waals surface area contributed by atoms with Crippen molar-refractivity contribution in [1.82, 2.24) is 9.97 Å². The lowest BCUT2D eigenvalue weighted by Gasteiger charge is -2.32. The number of aromatic nitrogens is 2. The third-order valence-corrected chi connectivity index (χ3v) is 4.83. The van der Waals surface area contributed by atoms with E-state index in [1.807, 2.05) is 46.8 Å². The van der Waals surface area contributed by atoms with Gasteiger partial charge in [0.25, 0.3) is 0 Å². The van der Waals surface area contributed by atoms with Gasteiger partial charge in [-0.15, -0.1) is 0 Å². The summed E-state index contributed by atoms with van der Waals surface area (Å²) in [5.74, 6) is 0. The molecule has 1 aliphatic rings. The third-order valence-electron chi connectivity index (χ3n) is 4.83. The second kappa shape index (κ2) is 5.18. The molecule has 1 saturated heterocycles.